The Hall–Kier alpha value is 0.270. The van der Waals surface area contributed by atoms with Crippen LogP contribution in [0.5, 0.6) is 0 Å². The molecule has 0 N–H and O–H groups in total. The van der Waals surface area contributed by atoms with Gasteiger partial charge < -0.3 is 18.5 Å². The molecule has 0 aliphatic carbocycles. The van der Waals surface area contributed by atoms with Crippen LogP contribution in [0, 0.1) is 0 Å². The smallest absolute Gasteiger partial charge is 0.174 e. The lowest BCUT2D eigenvalue weighted by Gasteiger charge is -2.33. The summed E-state index contributed by atoms with van der Waals surface area (Å²) in [5, 5.41) is 0. The van der Waals surface area contributed by atoms with Crippen LogP contribution in [0.15, 0.2) is 0 Å². The molecule has 2 saturated heterocycles. The first-order valence-corrected chi connectivity index (χ1v) is 8.22. The molecule has 0 amide bonds. The van der Waals surface area contributed by atoms with Gasteiger partial charge in [-0.2, -0.15) is 0 Å². The van der Waals surface area contributed by atoms with E-state index in [1.165, 1.54) is 0 Å². The van der Waals surface area contributed by atoms with Crippen molar-refractivity contribution in [1.82, 2.24) is 0 Å². The third-order valence-electron chi connectivity index (χ3n) is 3.54. The van der Waals surface area contributed by atoms with Gasteiger partial charge >= 0.3 is 0 Å². The fraction of sp³-hybridized carbons (Fsp3) is 1.00. The monoisotopic (exact) mass is 290 g/mol. The summed E-state index contributed by atoms with van der Waals surface area (Å²) < 4.78 is 24.7. The van der Waals surface area contributed by atoms with Crippen LogP contribution in [-0.4, -0.2) is 34.9 Å². The van der Waals surface area contributed by atoms with Crippen LogP contribution in [0.1, 0.15) is 55.4 Å². The maximum Gasteiger partial charge on any atom is 0.174 e. The van der Waals surface area contributed by atoms with Gasteiger partial charge in [-0.3, -0.25) is 0 Å². The Morgan fingerprint density at radius 1 is 0.789 bits per heavy atom. The molecule has 0 aromatic heterocycles. The SMILES string of the molecule is CC(C)P1OC(C)(C)C2OC(C)(C)OC2C(C)(C)O1. The molecule has 19 heavy (non-hydrogen) atoms. The second kappa shape index (κ2) is 4.64. The molecule has 0 bridgehead atoms. The fourth-order valence-electron chi connectivity index (χ4n) is 2.57. The first-order valence-electron chi connectivity index (χ1n) is 6.98. The average molecular weight is 290 g/mol. The molecule has 4 nitrogen and oxygen atoms in total. The Balaban J connectivity index is 2.36. The Labute approximate surface area is 118 Å². The van der Waals surface area contributed by atoms with Crippen molar-refractivity contribution < 1.29 is 18.5 Å². The largest absolute Gasteiger partial charge is 0.341 e. The van der Waals surface area contributed by atoms with Crippen LogP contribution >= 0.6 is 8.38 Å². The number of ether oxygens (including phenoxy) is 2. The van der Waals surface area contributed by atoms with Crippen molar-refractivity contribution in [1.29, 1.82) is 0 Å². The van der Waals surface area contributed by atoms with Crippen molar-refractivity contribution in [2.24, 2.45) is 0 Å². The van der Waals surface area contributed by atoms with Gasteiger partial charge in [0.2, 0.25) is 0 Å². The van der Waals surface area contributed by atoms with Crippen LogP contribution in [-0.2, 0) is 18.5 Å². The molecule has 2 fully saturated rings. The molecule has 0 spiro atoms. The highest BCUT2D eigenvalue weighted by atomic mass is 31.2. The van der Waals surface area contributed by atoms with Crippen molar-refractivity contribution in [3.05, 3.63) is 0 Å². The van der Waals surface area contributed by atoms with Gasteiger partial charge in [0.25, 0.3) is 0 Å². The second-order valence-electron chi connectivity index (χ2n) is 7.25. The third-order valence-corrected chi connectivity index (χ3v) is 5.68. The maximum absolute atomic E-state index is 6.24. The predicted molar refractivity (Wildman–Crippen MR) is 76.2 cm³/mol. The first kappa shape index (κ1) is 15.7. The third kappa shape index (κ3) is 2.98. The molecule has 112 valence electrons. The van der Waals surface area contributed by atoms with E-state index in [-0.39, 0.29) is 12.2 Å². The highest BCUT2D eigenvalue weighted by molar-refractivity contribution is 7.48. The van der Waals surface area contributed by atoms with E-state index in [9.17, 15) is 0 Å². The topological polar surface area (TPSA) is 36.9 Å². The van der Waals surface area contributed by atoms with E-state index >= 15 is 0 Å². The molecule has 0 saturated carbocycles. The van der Waals surface area contributed by atoms with Gasteiger partial charge in [-0.15, -0.1) is 0 Å². The van der Waals surface area contributed by atoms with E-state index in [1.54, 1.807) is 0 Å². The molecular weight excluding hydrogens is 263 g/mol. The molecule has 0 radical (unpaired) electrons. The second-order valence-corrected chi connectivity index (χ2v) is 9.21. The van der Waals surface area contributed by atoms with Crippen LogP contribution in [0.4, 0.5) is 0 Å². The number of rotatable bonds is 1. The highest BCUT2D eigenvalue weighted by Gasteiger charge is 2.59. The van der Waals surface area contributed by atoms with Crippen molar-refractivity contribution in [2.45, 2.75) is 90.2 Å². The van der Waals surface area contributed by atoms with E-state index in [2.05, 4.69) is 41.5 Å². The van der Waals surface area contributed by atoms with Gasteiger partial charge in [0.15, 0.2) is 14.2 Å². The zero-order chi connectivity index (χ0) is 14.6. The quantitative estimate of drug-likeness (QED) is 0.688. The molecule has 2 aliphatic rings. The summed E-state index contributed by atoms with van der Waals surface area (Å²) in [6, 6.07) is 0. The molecule has 0 aromatic rings. The van der Waals surface area contributed by atoms with Crippen molar-refractivity contribution in [3.8, 4) is 0 Å². The van der Waals surface area contributed by atoms with E-state index in [4.69, 9.17) is 18.5 Å². The average Bonchev–Trinajstić information content (AvgIpc) is 2.50. The Morgan fingerprint density at radius 2 is 1.16 bits per heavy atom. The highest BCUT2D eigenvalue weighted by Crippen LogP contribution is 2.57. The fourth-order valence-corrected chi connectivity index (χ4v) is 4.17. The normalized spacial score (nSPS) is 39.9. The lowest BCUT2D eigenvalue weighted by molar-refractivity contribution is -0.173. The summed E-state index contributed by atoms with van der Waals surface area (Å²) in [6.45, 7) is 16.4. The Kier molecular flexibility index (Phi) is 3.82. The minimum Gasteiger partial charge on any atom is -0.341 e. The minimum atomic E-state index is -0.949. The molecule has 2 heterocycles. The van der Waals surface area contributed by atoms with Crippen molar-refractivity contribution in [3.63, 3.8) is 0 Å². The zero-order valence-corrected chi connectivity index (χ0v) is 14.2. The molecule has 2 unspecified atom stereocenters. The lowest BCUT2D eigenvalue weighted by Crippen LogP contribution is -2.50. The Morgan fingerprint density at radius 3 is 1.47 bits per heavy atom. The molecule has 2 rings (SSSR count). The molecule has 0 aromatic carbocycles. The van der Waals surface area contributed by atoms with Crippen LogP contribution < -0.4 is 0 Å². The number of hydrogen-bond acceptors (Lipinski definition) is 4. The predicted octanol–water partition coefficient (Wildman–Crippen LogP) is 3.83. The summed E-state index contributed by atoms with van der Waals surface area (Å²) in [6.07, 6.45) is -0.243. The lowest BCUT2D eigenvalue weighted by atomic mass is 9.88. The van der Waals surface area contributed by atoms with Crippen LogP contribution in [0.2, 0.25) is 0 Å². The van der Waals surface area contributed by atoms with Gasteiger partial charge in [-0.05, 0) is 41.5 Å². The van der Waals surface area contributed by atoms with E-state index in [0.717, 1.165) is 0 Å². The van der Waals surface area contributed by atoms with Crippen LogP contribution in [0.25, 0.3) is 0 Å². The van der Waals surface area contributed by atoms with Crippen molar-refractivity contribution >= 4 is 8.38 Å². The van der Waals surface area contributed by atoms with Gasteiger partial charge in [0, 0.05) is 5.66 Å². The molecule has 2 aliphatic heterocycles. The maximum atomic E-state index is 6.24. The summed E-state index contributed by atoms with van der Waals surface area (Å²) in [5.74, 6) is -0.589. The molecular formula is C14H27O4P. The number of fused-ring (bicyclic) bond motifs is 1. The number of hydrogen-bond donors (Lipinski definition) is 0. The van der Waals surface area contributed by atoms with Gasteiger partial charge in [-0.25, -0.2) is 0 Å². The van der Waals surface area contributed by atoms with Crippen molar-refractivity contribution in [2.75, 3.05) is 0 Å². The first-order chi connectivity index (χ1) is 8.45. The van der Waals surface area contributed by atoms with Gasteiger partial charge in [0.05, 0.1) is 11.2 Å². The molecule has 2 atom stereocenters. The summed E-state index contributed by atoms with van der Waals surface area (Å²) >= 11 is 0. The van der Waals surface area contributed by atoms with E-state index in [0.29, 0.717) is 5.66 Å². The van der Waals surface area contributed by atoms with E-state index in [1.807, 2.05) is 13.8 Å². The zero-order valence-electron chi connectivity index (χ0n) is 13.3. The summed E-state index contributed by atoms with van der Waals surface area (Å²) in [7, 11) is -0.949. The van der Waals surface area contributed by atoms with Gasteiger partial charge in [0.1, 0.15) is 12.2 Å². The van der Waals surface area contributed by atoms with Crippen LogP contribution in [0.3, 0.4) is 0 Å². The standard InChI is InChI=1S/C14H27O4P/c1-9(2)19-17-12(3,4)10-11(13(5,6)18-19)16-14(7,8)15-10/h9-11H,1-8H3. The molecule has 5 heteroatoms. The summed E-state index contributed by atoms with van der Waals surface area (Å²) in [5.41, 5.74) is -0.481. The summed E-state index contributed by atoms with van der Waals surface area (Å²) in [4.78, 5) is 0. The van der Waals surface area contributed by atoms with Gasteiger partial charge in [-0.1, -0.05) is 13.8 Å². The minimum absolute atomic E-state index is 0.122. The van der Waals surface area contributed by atoms with E-state index < -0.39 is 25.4 Å². The Bertz CT molecular complexity index is 323.